The molecule has 1 heterocycles. The van der Waals surface area contributed by atoms with Crippen LogP contribution in [0.25, 0.3) is 0 Å². The van der Waals surface area contributed by atoms with Gasteiger partial charge in [0, 0.05) is 25.0 Å². The third-order valence-electron chi connectivity index (χ3n) is 3.96. The summed E-state index contributed by atoms with van der Waals surface area (Å²) in [4.78, 5) is 25.2. The van der Waals surface area contributed by atoms with Gasteiger partial charge in [-0.25, -0.2) is 0 Å². The number of hydrogen-bond acceptors (Lipinski definition) is 3. The molecule has 96 valence electrons. The van der Waals surface area contributed by atoms with Crippen LogP contribution >= 0.6 is 0 Å². The van der Waals surface area contributed by atoms with Gasteiger partial charge in [0.25, 0.3) is 0 Å². The van der Waals surface area contributed by atoms with Crippen LogP contribution in [0.15, 0.2) is 0 Å². The van der Waals surface area contributed by atoms with Crippen molar-refractivity contribution in [1.29, 1.82) is 0 Å². The van der Waals surface area contributed by atoms with Gasteiger partial charge in [-0.3, -0.25) is 9.59 Å². The highest BCUT2D eigenvalue weighted by Crippen LogP contribution is 2.28. The van der Waals surface area contributed by atoms with E-state index in [4.69, 9.17) is 11.5 Å². The molecule has 2 amide bonds. The summed E-state index contributed by atoms with van der Waals surface area (Å²) in [5.41, 5.74) is 11.1. The van der Waals surface area contributed by atoms with Crippen molar-refractivity contribution in [3.05, 3.63) is 0 Å². The number of primary amides is 1. The number of likely N-dealkylation sites (tertiary alicyclic amines) is 1. The second-order valence-corrected chi connectivity index (χ2v) is 5.30. The summed E-state index contributed by atoms with van der Waals surface area (Å²) >= 11 is 0. The van der Waals surface area contributed by atoms with Crippen molar-refractivity contribution in [3.8, 4) is 0 Å². The maximum Gasteiger partial charge on any atom is 0.225 e. The molecule has 5 nitrogen and oxygen atoms in total. The first-order valence-electron chi connectivity index (χ1n) is 6.41. The molecule has 0 aromatic heterocycles. The zero-order valence-electron chi connectivity index (χ0n) is 10.1. The molecule has 2 rings (SSSR count). The second kappa shape index (κ2) is 5.04. The molecule has 0 aromatic rings. The van der Waals surface area contributed by atoms with E-state index < -0.39 is 0 Å². The first-order valence-corrected chi connectivity index (χ1v) is 6.41. The van der Waals surface area contributed by atoms with Crippen LogP contribution in [0, 0.1) is 11.8 Å². The van der Waals surface area contributed by atoms with Crippen molar-refractivity contribution in [2.75, 3.05) is 13.1 Å². The number of carbonyl (C=O) groups excluding carboxylic acids is 2. The van der Waals surface area contributed by atoms with Crippen molar-refractivity contribution in [2.45, 2.75) is 38.1 Å². The summed E-state index contributed by atoms with van der Waals surface area (Å²) in [6, 6.07) is 0.167. The Labute approximate surface area is 102 Å². The summed E-state index contributed by atoms with van der Waals surface area (Å²) in [5.74, 6) is -0.214. The smallest absolute Gasteiger partial charge is 0.225 e. The monoisotopic (exact) mass is 239 g/mol. The molecular formula is C12H21N3O2. The van der Waals surface area contributed by atoms with Gasteiger partial charge in [0.1, 0.15) is 0 Å². The van der Waals surface area contributed by atoms with Crippen molar-refractivity contribution in [1.82, 2.24) is 4.90 Å². The van der Waals surface area contributed by atoms with Gasteiger partial charge >= 0.3 is 0 Å². The average Bonchev–Trinajstić information content (AvgIpc) is 2.75. The van der Waals surface area contributed by atoms with E-state index in [0.717, 1.165) is 38.6 Å². The van der Waals surface area contributed by atoms with Gasteiger partial charge in [0.05, 0.1) is 5.92 Å². The first-order chi connectivity index (χ1) is 8.08. The molecule has 1 aliphatic heterocycles. The molecule has 2 fully saturated rings. The molecule has 0 aromatic carbocycles. The maximum atomic E-state index is 12.2. The molecule has 1 saturated carbocycles. The van der Waals surface area contributed by atoms with E-state index in [1.807, 2.05) is 4.90 Å². The molecule has 2 aliphatic rings. The van der Waals surface area contributed by atoms with Crippen LogP contribution < -0.4 is 11.5 Å². The van der Waals surface area contributed by atoms with Crippen molar-refractivity contribution in [3.63, 3.8) is 0 Å². The van der Waals surface area contributed by atoms with E-state index >= 15 is 0 Å². The lowest BCUT2D eigenvalue weighted by atomic mass is 9.95. The van der Waals surface area contributed by atoms with Crippen molar-refractivity contribution in [2.24, 2.45) is 23.3 Å². The van der Waals surface area contributed by atoms with Crippen molar-refractivity contribution < 1.29 is 9.59 Å². The quantitative estimate of drug-likeness (QED) is 0.701. The van der Waals surface area contributed by atoms with Crippen LogP contribution in [-0.4, -0.2) is 35.8 Å². The van der Waals surface area contributed by atoms with Crippen molar-refractivity contribution >= 4 is 11.8 Å². The molecule has 4 N–H and O–H groups in total. The number of amides is 2. The molecular weight excluding hydrogens is 218 g/mol. The SMILES string of the molecule is NC(=O)C1CCCN(C(=O)C2CCC(N)C2)C1. The third-order valence-corrected chi connectivity index (χ3v) is 3.96. The van der Waals surface area contributed by atoms with E-state index in [1.165, 1.54) is 0 Å². The average molecular weight is 239 g/mol. The maximum absolute atomic E-state index is 12.2. The molecule has 1 aliphatic carbocycles. The van der Waals surface area contributed by atoms with E-state index in [9.17, 15) is 9.59 Å². The number of rotatable bonds is 2. The van der Waals surface area contributed by atoms with E-state index in [2.05, 4.69) is 0 Å². The summed E-state index contributed by atoms with van der Waals surface area (Å²) in [6.45, 7) is 1.26. The van der Waals surface area contributed by atoms with Gasteiger partial charge < -0.3 is 16.4 Å². The fourth-order valence-electron chi connectivity index (χ4n) is 2.91. The number of carbonyl (C=O) groups is 2. The van der Waals surface area contributed by atoms with E-state index in [-0.39, 0.29) is 29.7 Å². The minimum atomic E-state index is -0.286. The number of nitrogens with two attached hydrogens (primary N) is 2. The fraction of sp³-hybridized carbons (Fsp3) is 0.833. The van der Waals surface area contributed by atoms with Gasteiger partial charge in [-0.15, -0.1) is 0 Å². The Morgan fingerprint density at radius 1 is 1.12 bits per heavy atom. The molecule has 5 heteroatoms. The van der Waals surface area contributed by atoms with Gasteiger partial charge in [-0.1, -0.05) is 0 Å². The summed E-state index contributed by atoms with van der Waals surface area (Å²) in [7, 11) is 0. The first kappa shape index (κ1) is 12.4. The topological polar surface area (TPSA) is 89.4 Å². The van der Waals surface area contributed by atoms with Crippen LogP contribution in [0.2, 0.25) is 0 Å². The van der Waals surface area contributed by atoms with Crippen LogP contribution in [0.3, 0.4) is 0 Å². The molecule has 3 unspecified atom stereocenters. The minimum absolute atomic E-state index is 0.0663. The normalized spacial score (nSPS) is 33.7. The zero-order chi connectivity index (χ0) is 12.4. The lowest BCUT2D eigenvalue weighted by molar-refractivity contribution is -0.138. The Balaban J connectivity index is 1.93. The van der Waals surface area contributed by atoms with Crippen LogP contribution in [0.5, 0.6) is 0 Å². The Bertz CT molecular complexity index is 319. The minimum Gasteiger partial charge on any atom is -0.369 e. The Kier molecular flexibility index (Phi) is 3.66. The predicted molar refractivity (Wildman–Crippen MR) is 63.8 cm³/mol. The molecule has 0 bridgehead atoms. The number of nitrogens with zero attached hydrogens (tertiary/aromatic N) is 1. The van der Waals surface area contributed by atoms with Crippen LogP contribution in [0.1, 0.15) is 32.1 Å². The zero-order valence-corrected chi connectivity index (χ0v) is 10.1. The van der Waals surface area contributed by atoms with E-state index in [1.54, 1.807) is 0 Å². The summed E-state index contributed by atoms with van der Waals surface area (Å²) in [6.07, 6.45) is 4.29. The molecule has 3 atom stereocenters. The standard InChI is InChI=1S/C12H21N3O2/c13-10-4-3-8(6-10)12(17)15-5-1-2-9(7-15)11(14)16/h8-10H,1-7,13H2,(H2,14,16). The van der Waals surface area contributed by atoms with Gasteiger partial charge in [0.15, 0.2) is 0 Å². The summed E-state index contributed by atoms with van der Waals surface area (Å²) in [5, 5.41) is 0. The Morgan fingerprint density at radius 2 is 1.88 bits per heavy atom. The van der Waals surface area contributed by atoms with Crippen LogP contribution in [0.4, 0.5) is 0 Å². The molecule has 17 heavy (non-hydrogen) atoms. The van der Waals surface area contributed by atoms with Crippen LogP contribution in [-0.2, 0) is 9.59 Å². The molecule has 1 saturated heterocycles. The predicted octanol–water partition coefficient (Wildman–Crippen LogP) is -0.162. The summed E-state index contributed by atoms with van der Waals surface area (Å²) < 4.78 is 0. The highest BCUT2D eigenvalue weighted by atomic mass is 16.2. The number of hydrogen-bond donors (Lipinski definition) is 2. The highest BCUT2D eigenvalue weighted by Gasteiger charge is 2.34. The largest absolute Gasteiger partial charge is 0.369 e. The van der Waals surface area contributed by atoms with E-state index in [0.29, 0.717) is 6.54 Å². The highest BCUT2D eigenvalue weighted by molar-refractivity contribution is 5.81. The molecule has 0 spiro atoms. The van der Waals surface area contributed by atoms with Gasteiger partial charge in [-0.05, 0) is 32.1 Å². The lowest BCUT2D eigenvalue weighted by Crippen LogP contribution is -2.46. The third kappa shape index (κ3) is 2.77. The lowest BCUT2D eigenvalue weighted by Gasteiger charge is -2.33. The van der Waals surface area contributed by atoms with Gasteiger partial charge in [-0.2, -0.15) is 0 Å². The van der Waals surface area contributed by atoms with Gasteiger partial charge in [0.2, 0.25) is 11.8 Å². The Hall–Kier alpha value is -1.10. The second-order valence-electron chi connectivity index (χ2n) is 5.30. The molecule has 0 radical (unpaired) electrons. The fourth-order valence-corrected chi connectivity index (χ4v) is 2.91. The number of piperidine rings is 1. The Morgan fingerprint density at radius 3 is 2.47 bits per heavy atom.